The average molecular weight is 295 g/mol. The number of hydrogen-bond donors (Lipinski definition) is 3. The molecule has 0 aliphatic heterocycles. The van der Waals surface area contributed by atoms with Crippen molar-refractivity contribution in [2.24, 2.45) is 0 Å². The number of amides is 1. The molecule has 0 unspecified atom stereocenters. The summed E-state index contributed by atoms with van der Waals surface area (Å²) in [4.78, 5) is 26.8. The van der Waals surface area contributed by atoms with Gasteiger partial charge in [-0.3, -0.25) is 9.89 Å². The van der Waals surface area contributed by atoms with E-state index < -0.39 is 11.9 Å². The molecular formula is C12H11ClN4O3. The molecule has 3 N–H and O–H groups in total. The van der Waals surface area contributed by atoms with E-state index in [1.54, 1.807) is 6.07 Å². The third-order valence-electron chi connectivity index (χ3n) is 2.52. The van der Waals surface area contributed by atoms with E-state index in [1.807, 2.05) is 6.92 Å². The minimum absolute atomic E-state index is 0.109. The number of nitrogens with zero attached hydrogens (tertiary/aromatic N) is 2. The molecule has 2 aromatic rings. The number of anilines is 1. The number of carboxylic acid groups (broad SMARTS) is 1. The van der Waals surface area contributed by atoms with E-state index in [2.05, 4.69) is 20.5 Å². The van der Waals surface area contributed by atoms with Crippen molar-refractivity contribution in [2.45, 2.75) is 13.3 Å². The largest absolute Gasteiger partial charge is 0.477 e. The van der Waals surface area contributed by atoms with Gasteiger partial charge in [0.1, 0.15) is 10.8 Å². The summed E-state index contributed by atoms with van der Waals surface area (Å²) in [7, 11) is 0. The van der Waals surface area contributed by atoms with Crippen LogP contribution in [-0.2, 0) is 6.42 Å². The molecule has 2 rings (SSSR count). The fourth-order valence-electron chi connectivity index (χ4n) is 1.55. The SMILES string of the molecule is CCc1cc(C(=O)Nc2cc(C(=O)O)[nH]n2)cc(Cl)n1. The number of aromatic carboxylic acids is 1. The maximum Gasteiger partial charge on any atom is 0.353 e. The molecule has 0 saturated carbocycles. The van der Waals surface area contributed by atoms with Gasteiger partial charge >= 0.3 is 5.97 Å². The Morgan fingerprint density at radius 2 is 2.15 bits per heavy atom. The maximum atomic E-state index is 12.0. The second-order valence-electron chi connectivity index (χ2n) is 3.95. The highest BCUT2D eigenvalue weighted by Gasteiger charge is 2.13. The molecule has 104 valence electrons. The molecule has 0 atom stereocenters. The van der Waals surface area contributed by atoms with Crippen molar-refractivity contribution in [1.29, 1.82) is 0 Å². The molecule has 20 heavy (non-hydrogen) atoms. The zero-order chi connectivity index (χ0) is 14.7. The van der Waals surface area contributed by atoms with Crippen molar-refractivity contribution in [3.63, 3.8) is 0 Å². The van der Waals surface area contributed by atoms with E-state index in [4.69, 9.17) is 16.7 Å². The third kappa shape index (κ3) is 3.12. The predicted octanol–water partition coefficient (Wildman–Crippen LogP) is 1.97. The van der Waals surface area contributed by atoms with Crippen LogP contribution in [0.25, 0.3) is 0 Å². The number of aromatic nitrogens is 3. The lowest BCUT2D eigenvalue weighted by Crippen LogP contribution is -2.13. The molecule has 7 nitrogen and oxygen atoms in total. The average Bonchev–Trinajstić information content (AvgIpc) is 2.86. The Kier molecular flexibility index (Phi) is 3.99. The summed E-state index contributed by atoms with van der Waals surface area (Å²) in [5.41, 5.74) is 0.917. The van der Waals surface area contributed by atoms with Gasteiger partial charge in [0.25, 0.3) is 5.91 Å². The third-order valence-corrected chi connectivity index (χ3v) is 2.72. The molecule has 0 spiro atoms. The summed E-state index contributed by atoms with van der Waals surface area (Å²) in [5, 5.41) is 17.4. The van der Waals surface area contributed by atoms with Crippen LogP contribution in [-0.4, -0.2) is 32.2 Å². The molecule has 2 heterocycles. The molecule has 0 aliphatic carbocycles. The first-order valence-corrected chi connectivity index (χ1v) is 6.14. The van der Waals surface area contributed by atoms with Crippen LogP contribution in [0.2, 0.25) is 5.15 Å². The smallest absolute Gasteiger partial charge is 0.353 e. The zero-order valence-electron chi connectivity index (χ0n) is 10.5. The van der Waals surface area contributed by atoms with Crippen LogP contribution >= 0.6 is 11.6 Å². The minimum Gasteiger partial charge on any atom is -0.477 e. The Bertz CT molecular complexity index is 668. The van der Waals surface area contributed by atoms with Crippen molar-refractivity contribution < 1.29 is 14.7 Å². The number of carbonyl (C=O) groups excluding carboxylic acids is 1. The molecule has 8 heteroatoms. The van der Waals surface area contributed by atoms with Crippen LogP contribution < -0.4 is 5.32 Å². The first-order chi connectivity index (χ1) is 9.49. The number of pyridine rings is 1. The number of carbonyl (C=O) groups is 2. The van der Waals surface area contributed by atoms with Gasteiger partial charge in [0, 0.05) is 17.3 Å². The Balaban J connectivity index is 2.18. The van der Waals surface area contributed by atoms with Crippen molar-refractivity contribution >= 4 is 29.3 Å². The van der Waals surface area contributed by atoms with E-state index in [-0.39, 0.29) is 16.7 Å². The zero-order valence-corrected chi connectivity index (χ0v) is 11.2. The second-order valence-corrected chi connectivity index (χ2v) is 4.34. The first kappa shape index (κ1) is 14.0. The van der Waals surface area contributed by atoms with Crippen molar-refractivity contribution in [3.8, 4) is 0 Å². The molecular weight excluding hydrogens is 284 g/mol. The number of halogens is 1. The van der Waals surface area contributed by atoms with Gasteiger partial charge in [-0.25, -0.2) is 9.78 Å². The highest BCUT2D eigenvalue weighted by atomic mass is 35.5. The molecule has 0 radical (unpaired) electrons. The van der Waals surface area contributed by atoms with E-state index in [0.717, 1.165) is 0 Å². The lowest BCUT2D eigenvalue weighted by atomic mass is 10.2. The van der Waals surface area contributed by atoms with Gasteiger partial charge in [-0.05, 0) is 18.6 Å². The summed E-state index contributed by atoms with van der Waals surface area (Å²) in [6.45, 7) is 1.90. The van der Waals surface area contributed by atoms with Gasteiger partial charge in [-0.2, -0.15) is 5.10 Å². The number of aromatic amines is 1. The van der Waals surface area contributed by atoms with Gasteiger partial charge in [-0.15, -0.1) is 0 Å². The summed E-state index contributed by atoms with van der Waals surface area (Å²) in [6.07, 6.45) is 0.645. The van der Waals surface area contributed by atoms with Gasteiger partial charge in [0.15, 0.2) is 5.82 Å². The summed E-state index contributed by atoms with van der Waals surface area (Å²) >= 11 is 5.83. The second kappa shape index (κ2) is 5.70. The van der Waals surface area contributed by atoms with Gasteiger partial charge in [0.2, 0.25) is 0 Å². The Morgan fingerprint density at radius 3 is 2.75 bits per heavy atom. The van der Waals surface area contributed by atoms with Crippen LogP contribution in [0.5, 0.6) is 0 Å². The molecule has 0 fully saturated rings. The number of aryl methyl sites for hydroxylation is 1. The summed E-state index contributed by atoms with van der Waals surface area (Å²) < 4.78 is 0. The first-order valence-electron chi connectivity index (χ1n) is 5.76. The minimum atomic E-state index is -1.15. The monoisotopic (exact) mass is 294 g/mol. The van der Waals surface area contributed by atoms with Crippen molar-refractivity contribution in [2.75, 3.05) is 5.32 Å². The summed E-state index contributed by atoms with van der Waals surface area (Å²) in [6, 6.07) is 4.27. The number of hydrogen-bond acceptors (Lipinski definition) is 4. The molecule has 2 aromatic heterocycles. The molecule has 0 aliphatic rings. The fourth-order valence-corrected chi connectivity index (χ4v) is 1.77. The topological polar surface area (TPSA) is 108 Å². The Hall–Kier alpha value is -2.41. The van der Waals surface area contributed by atoms with Crippen molar-refractivity contribution in [3.05, 3.63) is 40.3 Å². The highest BCUT2D eigenvalue weighted by Crippen LogP contribution is 2.14. The highest BCUT2D eigenvalue weighted by molar-refractivity contribution is 6.29. The van der Waals surface area contributed by atoms with Crippen molar-refractivity contribution in [1.82, 2.24) is 15.2 Å². The quantitative estimate of drug-likeness (QED) is 0.747. The lowest BCUT2D eigenvalue weighted by molar-refractivity contribution is 0.0690. The van der Waals surface area contributed by atoms with Crippen LogP contribution in [0.1, 0.15) is 33.5 Å². The van der Waals surface area contributed by atoms with Gasteiger partial charge in [0.05, 0.1) is 0 Å². The summed E-state index contributed by atoms with van der Waals surface area (Å²) in [5.74, 6) is -1.47. The molecule has 0 bridgehead atoms. The lowest BCUT2D eigenvalue weighted by Gasteiger charge is -2.04. The number of nitrogens with one attached hydrogen (secondary N) is 2. The number of rotatable bonds is 4. The molecule has 0 saturated heterocycles. The van der Waals surface area contributed by atoms with E-state index in [0.29, 0.717) is 17.7 Å². The van der Waals surface area contributed by atoms with Gasteiger partial charge in [-0.1, -0.05) is 18.5 Å². The van der Waals surface area contributed by atoms with E-state index in [9.17, 15) is 9.59 Å². The van der Waals surface area contributed by atoms with Crippen LogP contribution in [0.15, 0.2) is 18.2 Å². The number of H-pyrrole nitrogens is 1. The van der Waals surface area contributed by atoms with Gasteiger partial charge < -0.3 is 10.4 Å². The fraction of sp³-hybridized carbons (Fsp3) is 0.167. The normalized spacial score (nSPS) is 10.3. The molecule has 1 amide bonds. The Morgan fingerprint density at radius 1 is 1.40 bits per heavy atom. The predicted molar refractivity (Wildman–Crippen MR) is 72.1 cm³/mol. The maximum absolute atomic E-state index is 12.0. The Labute approximate surface area is 119 Å². The standard InChI is InChI=1S/C12H11ClN4O3/c1-2-7-3-6(4-9(13)14-7)11(18)15-10-5-8(12(19)20)16-17-10/h3-5H,2H2,1H3,(H,19,20)(H2,15,16,17,18). The molecule has 0 aromatic carbocycles. The van der Waals surface area contributed by atoms with Crippen LogP contribution in [0, 0.1) is 0 Å². The van der Waals surface area contributed by atoms with Crippen LogP contribution in [0.4, 0.5) is 5.82 Å². The van der Waals surface area contributed by atoms with E-state index >= 15 is 0 Å². The van der Waals surface area contributed by atoms with E-state index in [1.165, 1.54) is 12.1 Å². The number of carboxylic acids is 1. The van der Waals surface area contributed by atoms with Crippen LogP contribution in [0.3, 0.4) is 0 Å².